The number of benzene rings is 2. The van der Waals surface area contributed by atoms with Crippen molar-refractivity contribution in [3.05, 3.63) is 88.4 Å². The zero-order valence-corrected chi connectivity index (χ0v) is 17.8. The van der Waals surface area contributed by atoms with Crippen LogP contribution in [0.5, 0.6) is 0 Å². The quantitative estimate of drug-likeness (QED) is 0.429. The minimum absolute atomic E-state index is 0.152. The summed E-state index contributed by atoms with van der Waals surface area (Å²) in [5, 5.41) is 7.88. The summed E-state index contributed by atoms with van der Waals surface area (Å²) in [6.07, 6.45) is 3.20. The number of nitrogens with one attached hydrogen (secondary N) is 1. The Labute approximate surface area is 181 Å². The molecular formula is C22H19N7OS. The minimum atomic E-state index is -0.152. The SMILES string of the molecule is CC(=Nc1ccc(Cn2cncn2)cc1)c1c(C)[nH]n(-c2nc3ccccc3s2)c1=O. The second-order valence-corrected chi connectivity index (χ2v) is 8.18. The summed E-state index contributed by atoms with van der Waals surface area (Å²) in [6, 6.07) is 15.7. The van der Waals surface area contributed by atoms with Crippen LogP contribution in [-0.4, -0.2) is 35.2 Å². The maximum absolute atomic E-state index is 13.1. The van der Waals surface area contributed by atoms with Gasteiger partial charge in [-0.3, -0.25) is 14.9 Å². The van der Waals surface area contributed by atoms with E-state index in [9.17, 15) is 4.79 Å². The molecule has 0 aliphatic carbocycles. The maximum atomic E-state index is 13.1. The molecule has 0 amide bonds. The third kappa shape index (κ3) is 3.71. The lowest BCUT2D eigenvalue weighted by molar-refractivity contribution is 0.685. The van der Waals surface area contributed by atoms with Crippen molar-refractivity contribution in [3.63, 3.8) is 0 Å². The zero-order chi connectivity index (χ0) is 21.4. The first-order valence-corrected chi connectivity index (χ1v) is 10.5. The second-order valence-electron chi connectivity index (χ2n) is 7.17. The molecule has 0 fully saturated rings. The number of rotatable bonds is 5. The van der Waals surface area contributed by atoms with Gasteiger partial charge in [-0.2, -0.15) is 9.78 Å². The van der Waals surface area contributed by atoms with Crippen LogP contribution in [0.4, 0.5) is 5.69 Å². The van der Waals surface area contributed by atoms with Crippen molar-refractivity contribution in [2.45, 2.75) is 20.4 Å². The smallest absolute Gasteiger partial charge is 0.282 e. The standard InChI is InChI=1S/C22H19N7OS/c1-14(25-17-9-7-16(8-10-17)11-28-13-23-12-24-28)20-15(2)27-29(21(20)30)22-26-18-5-3-4-6-19(18)31-22/h3-10,12-13,27H,11H2,1-2H3. The molecule has 1 N–H and O–H groups in total. The molecule has 2 aromatic carbocycles. The summed E-state index contributed by atoms with van der Waals surface area (Å²) in [7, 11) is 0. The van der Waals surface area contributed by atoms with Crippen LogP contribution in [0.2, 0.25) is 0 Å². The van der Waals surface area contributed by atoms with E-state index in [0.717, 1.165) is 27.2 Å². The number of thiazole rings is 1. The first-order chi connectivity index (χ1) is 15.1. The number of aliphatic imine (C=N–C) groups is 1. The number of hydrogen-bond donors (Lipinski definition) is 1. The van der Waals surface area contributed by atoms with E-state index in [1.807, 2.05) is 62.4 Å². The molecule has 0 aliphatic rings. The van der Waals surface area contributed by atoms with E-state index in [-0.39, 0.29) is 5.56 Å². The molecule has 0 radical (unpaired) electrons. The van der Waals surface area contributed by atoms with Crippen LogP contribution in [0, 0.1) is 6.92 Å². The molecule has 0 saturated carbocycles. The molecule has 3 aromatic heterocycles. The van der Waals surface area contributed by atoms with E-state index in [0.29, 0.717) is 23.0 Å². The summed E-state index contributed by atoms with van der Waals surface area (Å²) in [6.45, 7) is 4.37. The van der Waals surface area contributed by atoms with Gasteiger partial charge < -0.3 is 0 Å². The third-order valence-electron chi connectivity index (χ3n) is 4.95. The van der Waals surface area contributed by atoms with Gasteiger partial charge in [-0.15, -0.1) is 0 Å². The molecule has 9 heteroatoms. The third-order valence-corrected chi connectivity index (χ3v) is 5.97. The van der Waals surface area contributed by atoms with Crippen LogP contribution >= 0.6 is 11.3 Å². The Morgan fingerprint density at radius 1 is 1.16 bits per heavy atom. The van der Waals surface area contributed by atoms with E-state index >= 15 is 0 Å². The fraction of sp³-hybridized carbons (Fsp3) is 0.136. The number of aromatic amines is 1. The summed E-state index contributed by atoms with van der Waals surface area (Å²) < 4.78 is 4.29. The van der Waals surface area contributed by atoms with Crippen molar-refractivity contribution in [2.75, 3.05) is 0 Å². The Kier molecular flexibility index (Phi) is 4.79. The fourth-order valence-electron chi connectivity index (χ4n) is 3.49. The molecular weight excluding hydrogens is 410 g/mol. The summed E-state index contributed by atoms with van der Waals surface area (Å²) in [5.41, 5.74) is 4.58. The second kappa shape index (κ2) is 7.77. The van der Waals surface area contributed by atoms with Gasteiger partial charge in [0.05, 0.1) is 33.7 Å². The highest BCUT2D eigenvalue weighted by Crippen LogP contribution is 2.24. The Balaban J connectivity index is 1.44. The topological polar surface area (TPSA) is 93.8 Å². The van der Waals surface area contributed by atoms with E-state index < -0.39 is 0 Å². The van der Waals surface area contributed by atoms with Gasteiger partial charge >= 0.3 is 0 Å². The molecule has 5 aromatic rings. The number of aromatic nitrogens is 6. The van der Waals surface area contributed by atoms with E-state index in [1.165, 1.54) is 22.3 Å². The van der Waals surface area contributed by atoms with Crippen molar-refractivity contribution in [3.8, 4) is 5.13 Å². The van der Waals surface area contributed by atoms with Crippen molar-refractivity contribution in [1.29, 1.82) is 0 Å². The largest absolute Gasteiger partial charge is 0.293 e. The highest BCUT2D eigenvalue weighted by atomic mass is 32.1. The minimum Gasteiger partial charge on any atom is -0.293 e. The fourth-order valence-corrected chi connectivity index (χ4v) is 4.42. The molecule has 0 unspecified atom stereocenters. The number of H-pyrrole nitrogens is 1. The van der Waals surface area contributed by atoms with Gasteiger partial charge in [-0.1, -0.05) is 35.6 Å². The van der Waals surface area contributed by atoms with Gasteiger partial charge in [0.25, 0.3) is 5.56 Å². The lowest BCUT2D eigenvalue weighted by atomic mass is 10.1. The van der Waals surface area contributed by atoms with Crippen molar-refractivity contribution in [1.82, 2.24) is 29.5 Å². The highest BCUT2D eigenvalue weighted by molar-refractivity contribution is 7.20. The molecule has 154 valence electrons. The number of para-hydroxylation sites is 1. The summed E-state index contributed by atoms with van der Waals surface area (Å²) >= 11 is 1.47. The molecule has 31 heavy (non-hydrogen) atoms. The van der Waals surface area contributed by atoms with Crippen LogP contribution in [-0.2, 0) is 6.54 Å². The lowest BCUT2D eigenvalue weighted by Gasteiger charge is -2.03. The monoisotopic (exact) mass is 429 g/mol. The number of aryl methyl sites for hydroxylation is 1. The van der Waals surface area contributed by atoms with E-state index in [1.54, 1.807) is 11.0 Å². The van der Waals surface area contributed by atoms with Crippen LogP contribution in [0.15, 0.2) is 71.0 Å². The van der Waals surface area contributed by atoms with Crippen LogP contribution in [0.25, 0.3) is 15.3 Å². The van der Waals surface area contributed by atoms with E-state index in [4.69, 9.17) is 0 Å². The van der Waals surface area contributed by atoms with Crippen LogP contribution in [0.3, 0.4) is 0 Å². The summed E-state index contributed by atoms with van der Waals surface area (Å²) in [4.78, 5) is 26.3. The Hall–Kier alpha value is -3.85. The lowest BCUT2D eigenvalue weighted by Crippen LogP contribution is -2.19. The van der Waals surface area contributed by atoms with Crippen molar-refractivity contribution < 1.29 is 0 Å². The molecule has 8 nitrogen and oxygen atoms in total. The van der Waals surface area contributed by atoms with Crippen LogP contribution in [0.1, 0.15) is 23.7 Å². The highest BCUT2D eigenvalue weighted by Gasteiger charge is 2.17. The first kappa shape index (κ1) is 19.1. The average Bonchev–Trinajstić information content (AvgIpc) is 3.48. The van der Waals surface area contributed by atoms with Crippen LogP contribution < -0.4 is 5.56 Å². The molecule has 0 atom stereocenters. The molecule has 0 bridgehead atoms. The average molecular weight is 430 g/mol. The zero-order valence-electron chi connectivity index (χ0n) is 17.0. The van der Waals surface area contributed by atoms with Gasteiger partial charge in [0.15, 0.2) is 0 Å². The van der Waals surface area contributed by atoms with Crippen molar-refractivity contribution >= 4 is 33.0 Å². The molecule has 0 saturated heterocycles. The normalized spacial score (nSPS) is 12.0. The van der Waals surface area contributed by atoms with Crippen molar-refractivity contribution in [2.24, 2.45) is 4.99 Å². The number of nitrogens with zero attached hydrogens (tertiary/aromatic N) is 6. The Morgan fingerprint density at radius 2 is 1.97 bits per heavy atom. The number of fused-ring (bicyclic) bond motifs is 1. The van der Waals surface area contributed by atoms with Gasteiger partial charge in [-0.25, -0.2) is 14.6 Å². The first-order valence-electron chi connectivity index (χ1n) is 9.73. The van der Waals surface area contributed by atoms with Gasteiger partial charge in [0, 0.05) is 5.69 Å². The predicted octanol–water partition coefficient (Wildman–Crippen LogP) is 3.86. The van der Waals surface area contributed by atoms with E-state index in [2.05, 4.69) is 25.2 Å². The maximum Gasteiger partial charge on any atom is 0.282 e. The molecule has 0 aliphatic heterocycles. The number of hydrogen-bond acceptors (Lipinski definition) is 6. The molecule has 3 heterocycles. The molecule has 0 spiro atoms. The Morgan fingerprint density at radius 3 is 2.71 bits per heavy atom. The van der Waals surface area contributed by atoms with Gasteiger partial charge in [0.2, 0.25) is 5.13 Å². The summed E-state index contributed by atoms with van der Waals surface area (Å²) in [5.74, 6) is 0. The van der Waals surface area contributed by atoms with Gasteiger partial charge in [-0.05, 0) is 43.7 Å². The van der Waals surface area contributed by atoms with Gasteiger partial charge in [0.1, 0.15) is 12.7 Å². The molecule has 5 rings (SSSR count). The Bertz CT molecular complexity index is 1410. The predicted molar refractivity (Wildman–Crippen MR) is 122 cm³/mol.